The Kier molecular flexibility index (Phi) is 2.28. The molecule has 2 rings (SSSR count). The van der Waals surface area contributed by atoms with Gasteiger partial charge in [-0.15, -0.1) is 11.8 Å². The molecule has 1 fully saturated rings. The average molecular weight is 199 g/mol. The van der Waals surface area contributed by atoms with Crippen LogP contribution in [-0.2, 0) is 4.79 Å². The molecule has 1 aromatic heterocycles. The van der Waals surface area contributed by atoms with Crippen molar-refractivity contribution >= 4 is 17.7 Å². The molecule has 1 aliphatic heterocycles. The number of hydrogen-bond acceptors (Lipinski definition) is 4. The predicted molar refractivity (Wildman–Crippen MR) is 48.5 cm³/mol. The number of aliphatic carboxylic acids is 1. The van der Waals surface area contributed by atoms with Gasteiger partial charge in [0, 0.05) is 17.4 Å². The van der Waals surface area contributed by atoms with E-state index in [4.69, 9.17) is 9.52 Å². The Labute approximate surface area is 79.3 Å². The average Bonchev–Trinajstić information content (AvgIpc) is 2.75. The fourth-order valence-corrected chi connectivity index (χ4v) is 2.36. The number of rotatable bonds is 2. The van der Waals surface area contributed by atoms with E-state index in [1.165, 1.54) is 11.8 Å². The number of nitrogens with one attached hydrogen (secondary N) is 1. The quantitative estimate of drug-likeness (QED) is 0.746. The number of hydrogen-bond donors (Lipinski definition) is 2. The maximum atomic E-state index is 10.6. The Morgan fingerprint density at radius 3 is 3.15 bits per heavy atom. The topological polar surface area (TPSA) is 62.5 Å². The third-order valence-electron chi connectivity index (χ3n) is 1.95. The maximum Gasteiger partial charge on any atom is 0.331 e. The van der Waals surface area contributed by atoms with E-state index in [0.717, 1.165) is 11.3 Å². The molecule has 0 aliphatic carbocycles. The number of carboxylic acid groups (broad SMARTS) is 1. The number of carboxylic acids is 1. The summed E-state index contributed by atoms with van der Waals surface area (Å²) < 4.78 is 4.93. The molecule has 13 heavy (non-hydrogen) atoms. The van der Waals surface area contributed by atoms with Gasteiger partial charge in [-0.05, 0) is 6.07 Å². The molecule has 0 radical (unpaired) electrons. The van der Waals surface area contributed by atoms with Crippen LogP contribution in [0.5, 0.6) is 0 Å². The Bertz CT molecular complexity index is 298. The van der Waals surface area contributed by atoms with E-state index >= 15 is 0 Å². The minimum atomic E-state index is -0.809. The van der Waals surface area contributed by atoms with Crippen LogP contribution in [0.4, 0.5) is 0 Å². The highest BCUT2D eigenvalue weighted by Crippen LogP contribution is 2.29. The normalized spacial score (nSPS) is 27.7. The first-order chi connectivity index (χ1) is 6.27. The minimum Gasteiger partial charge on any atom is -0.479 e. The molecule has 1 aromatic rings. The van der Waals surface area contributed by atoms with Crippen LogP contribution in [0, 0.1) is 0 Å². The maximum absolute atomic E-state index is 10.6. The molecule has 0 aromatic carbocycles. The Morgan fingerprint density at radius 2 is 2.62 bits per heavy atom. The largest absolute Gasteiger partial charge is 0.479 e. The Balaban J connectivity index is 2.03. The van der Waals surface area contributed by atoms with Gasteiger partial charge in [0.25, 0.3) is 0 Å². The van der Waals surface area contributed by atoms with Gasteiger partial charge in [0.15, 0.2) is 5.37 Å². The molecule has 1 saturated heterocycles. The standard InChI is InChI=1S/C8H9NO3S/c10-8(11)7-9-6(4-13-7)5-1-2-12-3-5/h1-3,6-7,9H,4H2,(H,10,11)/t6-,7+/m1/s1. The van der Waals surface area contributed by atoms with Gasteiger partial charge in [-0.2, -0.15) is 0 Å². The third-order valence-corrected chi connectivity index (χ3v) is 3.15. The van der Waals surface area contributed by atoms with E-state index in [0.29, 0.717) is 0 Å². The summed E-state index contributed by atoms with van der Waals surface area (Å²) in [5, 5.41) is 11.2. The molecule has 2 atom stereocenters. The zero-order valence-corrected chi connectivity index (χ0v) is 7.58. The molecule has 0 spiro atoms. The smallest absolute Gasteiger partial charge is 0.331 e. The molecule has 4 nitrogen and oxygen atoms in total. The van der Waals surface area contributed by atoms with E-state index in [1.54, 1.807) is 12.5 Å². The van der Waals surface area contributed by atoms with Crippen molar-refractivity contribution in [2.45, 2.75) is 11.4 Å². The first kappa shape index (κ1) is 8.65. The highest BCUT2D eigenvalue weighted by atomic mass is 32.2. The van der Waals surface area contributed by atoms with Gasteiger partial charge >= 0.3 is 5.97 Å². The minimum absolute atomic E-state index is 0.102. The summed E-state index contributed by atoms with van der Waals surface area (Å²) in [6.45, 7) is 0. The molecule has 0 amide bonds. The highest BCUT2D eigenvalue weighted by Gasteiger charge is 2.30. The van der Waals surface area contributed by atoms with E-state index < -0.39 is 11.3 Å². The number of carbonyl (C=O) groups is 1. The molecule has 2 heterocycles. The van der Waals surface area contributed by atoms with Crippen LogP contribution in [0.1, 0.15) is 11.6 Å². The molecular weight excluding hydrogens is 190 g/mol. The van der Waals surface area contributed by atoms with Gasteiger partial charge in [0.2, 0.25) is 0 Å². The first-order valence-corrected chi connectivity index (χ1v) is 4.95. The Hall–Kier alpha value is -0.940. The number of thioether (sulfide) groups is 1. The van der Waals surface area contributed by atoms with Crippen molar-refractivity contribution < 1.29 is 14.3 Å². The second-order valence-electron chi connectivity index (χ2n) is 2.83. The van der Waals surface area contributed by atoms with E-state index in [9.17, 15) is 4.79 Å². The molecule has 0 unspecified atom stereocenters. The SMILES string of the molecule is O=C(O)[C@H]1N[C@@H](c2ccoc2)CS1. The van der Waals surface area contributed by atoms with Gasteiger partial charge in [0.1, 0.15) is 0 Å². The molecule has 0 saturated carbocycles. The fraction of sp³-hybridized carbons (Fsp3) is 0.375. The summed E-state index contributed by atoms with van der Waals surface area (Å²) in [6.07, 6.45) is 3.23. The van der Waals surface area contributed by atoms with Crippen molar-refractivity contribution in [2.75, 3.05) is 5.75 Å². The fourth-order valence-electron chi connectivity index (χ4n) is 1.28. The van der Waals surface area contributed by atoms with Crippen molar-refractivity contribution in [1.29, 1.82) is 0 Å². The molecule has 2 N–H and O–H groups in total. The van der Waals surface area contributed by atoms with Gasteiger partial charge < -0.3 is 9.52 Å². The van der Waals surface area contributed by atoms with Crippen molar-refractivity contribution in [3.05, 3.63) is 24.2 Å². The van der Waals surface area contributed by atoms with Crippen LogP contribution in [-0.4, -0.2) is 22.2 Å². The summed E-state index contributed by atoms with van der Waals surface area (Å²) >= 11 is 1.40. The second kappa shape index (κ2) is 3.43. The lowest BCUT2D eigenvalue weighted by atomic mass is 10.2. The zero-order valence-electron chi connectivity index (χ0n) is 6.77. The van der Waals surface area contributed by atoms with E-state index in [2.05, 4.69) is 5.32 Å². The monoisotopic (exact) mass is 199 g/mol. The Morgan fingerprint density at radius 1 is 1.77 bits per heavy atom. The predicted octanol–water partition coefficient (Wildman–Crippen LogP) is 1.07. The van der Waals surface area contributed by atoms with Crippen molar-refractivity contribution in [3.63, 3.8) is 0 Å². The molecule has 1 aliphatic rings. The van der Waals surface area contributed by atoms with Gasteiger partial charge in [-0.25, -0.2) is 4.79 Å². The van der Waals surface area contributed by atoms with E-state index in [-0.39, 0.29) is 6.04 Å². The third kappa shape index (κ3) is 1.71. The highest BCUT2D eigenvalue weighted by molar-refractivity contribution is 8.00. The van der Waals surface area contributed by atoms with Crippen molar-refractivity contribution in [1.82, 2.24) is 5.32 Å². The first-order valence-electron chi connectivity index (χ1n) is 3.90. The van der Waals surface area contributed by atoms with Gasteiger partial charge in [0.05, 0.1) is 12.5 Å². The van der Waals surface area contributed by atoms with Crippen LogP contribution < -0.4 is 5.32 Å². The summed E-state index contributed by atoms with van der Waals surface area (Å²) in [4.78, 5) is 10.6. The molecule has 0 bridgehead atoms. The molecular formula is C8H9NO3S. The van der Waals surface area contributed by atoms with Crippen LogP contribution in [0.2, 0.25) is 0 Å². The lowest BCUT2D eigenvalue weighted by Gasteiger charge is -2.07. The lowest BCUT2D eigenvalue weighted by molar-refractivity contribution is -0.137. The van der Waals surface area contributed by atoms with Crippen molar-refractivity contribution in [2.24, 2.45) is 0 Å². The van der Waals surface area contributed by atoms with Crippen LogP contribution in [0.25, 0.3) is 0 Å². The lowest BCUT2D eigenvalue weighted by Crippen LogP contribution is -2.30. The zero-order chi connectivity index (χ0) is 9.26. The van der Waals surface area contributed by atoms with E-state index in [1.807, 2.05) is 6.07 Å². The summed E-state index contributed by atoms with van der Waals surface area (Å²) in [7, 11) is 0. The van der Waals surface area contributed by atoms with Crippen LogP contribution in [0.15, 0.2) is 23.0 Å². The summed E-state index contributed by atoms with van der Waals surface area (Å²) in [5.41, 5.74) is 1.01. The second-order valence-corrected chi connectivity index (χ2v) is 3.97. The summed E-state index contributed by atoms with van der Waals surface area (Å²) in [6, 6.07) is 1.95. The van der Waals surface area contributed by atoms with Crippen LogP contribution in [0.3, 0.4) is 0 Å². The van der Waals surface area contributed by atoms with Gasteiger partial charge in [-0.1, -0.05) is 0 Å². The summed E-state index contributed by atoms with van der Waals surface area (Å²) in [5.74, 6) is -0.0350. The molecule has 5 heteroatoms. The number of furan rings is 1. The molecule has 70 valence electrons. The van der Waals surface area contributed by atoms with Gasteiger partial charge in [-0.3, -0.25) is 5.32 Å². The van der Waals surface area contributed by atoms with Crippen molar-refractivity contribution in [3.8, 4) is 0 Å². The van der Waals surface area contributed by atoms with Crippen LogP contribution >= 0.6 is 11.8 Å².